The van der Waals surface area contributed by atoms with Crippen LogP contribution < -0.4 is 4.90 Å². The Labute approximate surface area is 101 Å². The highest BCUT2D eigenvalue weighted by molar-refractivity contribution is 5.65. The molecule has 0 radical (unpaired) electrons. The van der Waals surface area contributed by atoms with Crippen molar-refractivity contribution < 1.29 is 9.90 Å². The van der Waals surface area contributed by atoms with Crippen LogP contribution in [0.4, 0.5) is 10.5 Å². The van der Waals surface area contributed by atoms with Gasteiger partial charge in [0.25, 0.3) is 0 Å². The van der Waals surface area contributed by atoms with E-state index in [1.54, 1.807) is 19.4 Å². The first-order chi connectivity index (χ1) is 8.18. The molecule has 1 N–H and O–H groups in total. The van der Waals surface area contributed by atoms with Gasteiger partial charge in [-0.1, -0.05) is 0 Å². The molecule has 17 heavy (non-hydrogen) atoms. The van der Waals surface area contributed by atoms with Crippen LogP contribution in [0, 0.1) is 0 Å². The first-order valence-electron chi connectivity index (χ1n) is 5.79. The monoisotopic (exact) mass is 235 g/mol. The van der Waals surface area contributed by atoms with Crippen molar-refractivity contribution in [3.05, 3.63) is 24.5 Å². The van der Waals surface area contributed by atoms with Crippen molar-refractivity contribution in [2.75, 3.05) is 25.0 Å². The second-order valence-electron chi connectivity index (χ2n) is 4.34. The second-order valence-corrected chi connectivity index (χ2v) is 4.34. The van der Waals surface area contributed by atoms with Crippen LogP contribution >= 0.6 is 0 Å². The fraction of sp³-hybridized carbons (Fsp3) is 0.500. The molecule has 2 rings (SSSR count). The Bertz CT molecular complexity index is 383. The molecule has 1 amide bonds. The molecule has 0 bridgehead atoms. The van der Waals surface area contributed by atoms with Crippen LogP contribution in [0.2, 0.25) is 0 Å². The molecule has 1 aromatic rings. The van der Waals surface area contributed by atoms with Gasteiger partial charge in [0.05, 0.1) is 6.04 Å². The summed E-state index contributed by atoms with van der Waals surface area (Å²) in [5, 5.41) is 8.99. The van der Waals surface area contributed by atoms with E-state index in [4.69, 9.17) is 5.11 Å². The summed E-state index contributed by atoms with van der Waals surface area (Å²) < 4.78 is 0. The molecule has 1 aromatic heterocycles. The van der Waals surface area contributed by atoms with Gasteiger partial charge in [-0.3, -0.25) is 4.98 Å². The molecule has 5 nitrogen and oxygen atoms in total. The van der Waals surface area contributed by atoms with E-state index in [0.29, 0.717) is 0 Å². The maximum absolute atomic E-state index is 10.9. The van der Waals surface area contributed by atoms with Gasteiger partial charge in [0.2, 0.25) is 0 Å². The van der Waals surface area contributed by atoms with Gasteiger partial charge in [-0.05, 0) is 25.0 Å². The van der Waals surface area contributed by atoms with Crippen molar-refractivity contribution in [2.45, 2.75) is 18.9 Å². The number of carbonyl (C=O) groups is 1. The summed E-state index contributed by atoms with van der Waals surface area (Å²) in [5.74, 6) is 0. The number of carboxylic acid groups (broad SMARTS) is 1. The van der Waals surface area contributed by atoms with Crippen LogP contribution in [0.5, 0.6) is 0 Å². The number of aromatic nitrogens is 1. The van der Waals surface area contributed by atoms with Crippen LogP contribution in [-0.4, -0.2) is 47.3 Å². The molecule has 1 aliphatic heterocycles. The van der Waals surface area contributed by atoms with E-state index < -0.39 is 6.09 Å². The highest BCUT2D eigenvalue weighted by Crippen LogP contribution is 2.21. The van der Waals surface area contributed by atoms with E-state index in [0.717, 1.165) is 31.6 Å². The predicted octanol–water partition coefficient (Wildman–Crippen LogP) is 1.66. The summed E-state index contributed by atoms with van der Waals surface area (Å²) in [6, 6.07) is 4.00. The summed E-state index contributed by atoms with van der Waals surface area (Å²) >= 11 is 0. The summed E-state index contributed by atoms with van der Waals surface area (Å²) in [7, 11) is 1.64. The van der Waals surface area contributed by atoms with E-state index >= 15 is 0 Å². The lowest BCUT2D eigenvalue weighted by Crippen LogP contribution is -2.48. The molecule has 2 heterocycles. The Morgan fingerprint density at radius 2 is 2.24 bits per heavy atom. The number of hydrogen-bond acceptors (Lipinski definition) is 3. The molecule has 1 unspecified atom stereocenters. The average molecular weight is 235 g/mol. The molecule has 5 heteroatoms. The summed E-state index contributed by atoms with van der Waals surface area (Å²) in [4.78, 5) is 18.6. The van der Waals surface area contributed by atoms with Crippen LogP contribution in [0.1, 0.15) is 12.8 Å². The molecule has 1 saturated heterocycles. The SMILES string of the molecule is CN(C(=O)O)C1CCCN(c2ccncc2)C1. The lowest BCUT2D eigenvalue weighted by Gasteiger charge is -2.37. The van der Waals surface area contributed by atoms with Crippen LogP contribution in [0.15, 0.2) is 24.5 Å². The Kier molecular flexibility index (Phi) is 3.46. The lowest BCUT2D eigenvalue weighted by molar-refractivity contribution is 0.133. The minimum absolute atomic E-state index is 0.0782. The fourth-order valence-electron chi connectivity index (χ4n) is 2.22. The van der Waals surface area contributed by atoms with Gasteiger partial charge in [-0.2, -0.15) is 0 Å². The van der Waals surface area contributed by atoms with E-state index in [9.17, 15) is 4.79 Å². The third-order valence-corrected chi connectivity index (χ3v) is 3.27. The van der Waals surface area contributed by atoms with Crippen molar-refractivity contribution >= 4 is 11.8 Å². The molecular weight excluding hydrogens is 218 g/mol. The van der Waals surface area contributed by atoms with Crippen LogP contribution in [0.3, 0.4) is 0 Å². The maximum atomic E-state index is 10.9. The summed E-state index contributed by atoms with van der Waals surface area (Å²) in [6.07, 6.45) is 4.63. The second kappa shape index (κ2) is 5.03. The molecule has 1 fully saturated rings. The molecule has 0 aromatic carbocycles. The molecule has 92 valence electrons. The first kappa shape index (κ1) is 11.7. The molecule has 1 atom stereocenters. The summed E-state index contributed by atoms with van der Waals surface area (Å²) in [6.45, 7) is 1.74. The topological polar surface area (TPSA) is 56.7 Å². The molecule has 1 aliphatic rings. The van der Waals surface area contributed by atoms with Gasteiger partial charge in [-0.15, -0.1) is 0 Å². The van der Waals surface area contributed by atoms with E-state index in [1.807, 2.05) is 12.1 Å². The van der Waals surface area contributed by atoms with Crippen LogP contribution in [-0.2, 0) is 0 Å². The Hall–Kier alpha value is -1.78. The zero-order chi connectivity index (χ0) is 12.3. The maximum Gasteiger partial charge on any atom is 0.407 e. The fourth-order valence-corrected chi connectivity index (χ4v) is 2.22. The normalized spacial score (nSPS) is 20.1. The number of amides is 1. The van der Waals surface area contributed by atoms with Crippen LogP contribution in [0.25, 0.3) is 0 Å². The molecular formula is C12H17N3O2. The zero-order valence-corrected chi connectivity index (χ0v) is 9.91. The van der Waals surface area contributed by atoms with Crippen molar-refractivity contribution in [3.8, 4) is 0 Å². The predicted molar refractivity (Wildman–Crippen MR) is 65.3 cm³/mol. The number of hydrogen-bond donors (Lipinski definition) is 1. The number of piperidine rings is 1. The minimum Gasteiger partial charge on any atom is -0.465 e. The van der Waals surface area contributed by atoms with Gasteiger partial charge in [0.15, 0.2) is 0 Å². The number of anilines is 1. The highest BCUT2D eigenvalue weighted by atomic mass is 16.4. The number of rotatable bonds is 2. The quantitative estimate of drug-likeness (QED) is 0.847. The van der Waals surface area contributed by atoms with E-state index in [2.05, 4.69) is 9.88 Å². The first-order valence-corrected chi connectivity index (χ1v) is 5.79. The van der Waals surface area contributed by atoms with Crippen molar-refractivity contribution in [2.24, 2.45) is 0 Å². The van der Waals surface area contributed by atoms with Gasteiger partial charge >= 0.3 is 6.09 Å². The van der Waals surface area contributed by atoms with E-state index in [1.165, 1.54) is 4.90 Å². The third-order valence-electron chi connectivity index (χ3n) is 3.27. The largest absolute Gasteiger partial charge is 0.465 e. The number of likely N-dealkylation sites (N-methyl/N-ethyl adjacent to an activating group) is 1. The smallest absolute Gasteiger partial charge is 0.407 e. The highest BCUT2D eigenvalue weighted by Gasteiger charge is 2.25. The molecule has 0 aliphatic carbocycles. The minimum atomic E-state index is -0.855. The lowest BCUT2D eigenvalue weighted by atomic mass is 10.0. The number of pyridine rings is 1. The Balaban J connectivity index is 2.05. The Morgan fingerprint density at radius 1 is 1.53 bits per heavy atom. The Morgan fingerprint density at radius 3 is 2.88 bits per heavy atom. The molecule has 0 spiro atoms. The van der Waals surface area contributed by atoms with Gasteiger partial charge < -0.3 is 14.9 Å². The van der Waals surface area contributed by atoms with Gasteiger partial charge in [-0.25, -0.2) is 4.79 Å². The standard InChI is InChI=1S/C12H17N3O2/c1-14(12(16)17)11-3-2-8-15(9-11)10-4-6-13-7-5-10/h4-7,11H,2-3,8-9H2,1H3,(H,16,17). The van der Waals surface area contributed by atoms with Gasteiger partial charge in [0.1, 0.15) is 0 Å². The van der Waals surface area contributed by atoms with Crippen molar-refractivity contribution in [1.82, 2.24) is 9.88 Å². The third kappa shape index (κ3) is 2.67. The van der Waals surface area contributed by atoms with E-state index in [-0.39, 0.29) is 6.04 Å². The van der Waals surface area contributed by atoms with Crippen molar-refractivity contribution in [3.63, 3.8) is 0 Å². The average Bonchev–Trinajstić information content (AvgIpc) is 2.39. The zero-order valence-electron chi connectivity index (χ0n) is 9.91. The molecule has 0 saturated carbocycles. The van der Waals surface area contributed by atoms with Gasteiger partial charge in [0, 0.05) is 38.2 Å². The summed E-state index contributed by atoms with van der Waals surface area (Å²) in [5.41, 5.74) is 1.11. The van der Waals surface area contributed by atoms with Crippen molar-refractivity contribution in [1.29, 1.82) is 0 Å². The number of nitrogens with zero attached hydrogens (tertiary/aromatic N) is 3.